The molecule has 1 rings (SSSR count). The van der Waals surface area contributed by atoms with E-state index in [1.54, 1.807) is 7.11 Å². The third-order valence-corrected chi connectivity index (χ3v) is 2.37. The van der Waals surface area contributed by atoms with Crippen molar-refractivity contribution >= 4 is 12.2 Å². The van der Waals surface area contributed by atoms with Crippen molar-refractivity contribution in [2.24, 2.45) is 0 Å². The van der Waals surface area contributed by atoms with Crippen LogP contribution >= 0.6 is 12.2 Å². The zero-order chi connectivity index (χ0) is 10.7. The van der Waals surface area contributed by atoms with Gasteiger partial charge >= 0.3 is 0 Å². The first-order chi connectivity index (χ1) is 6.56. The summed E-state index contributed by atoms with van der Waals surface area (Å²) in [6, 6.07) is 0. The maximum atomic E-state index is 5.23. The number of nitrogens with zero attached hydrogens (tertiary/aromatic N) is 1. The molecule has 14 heavy (non-hydrogen) atoms. The molecule has 0 radical (unpaired) electrons. The monoisotopic (exact) mass is 212 g/mol. The van der Waals surface area contributed by atoms with E-state index >= 15 is 0 Å². The molecular weight excluding hydrogens is 196 g/mol. The van der Waals surface area contributed by atoms with Gasteiger partial charge in [0, 0.05) is 18.4 Å². The summed E-state index contributed by atoms with van der Waals surface area (Å²) >= 11 is 5.23. The van der Waals surface area contributed by atoms with Gasteiger partial charge in [-0.2, -0.15) is 0 Å². The van der Waals surface area contributed by atoms with E-state index in [1.165, 1.54) is 0 Å². The van der Waals surface area contributed by atoms with E-state index in [2.05, 4.69) is 23.8 Å². The van der Waals surface area contributed by atoms with Crippen molar-refractivity contribution in [1.29, 1.82) is 0 Å². The average molecular weight is 212 g/mol. The second-order valence-electron chi connectivity index (χ2n) is 3.62. The van der Waals surface area contributed by atoms with E-state index in [0.717, 1.165) is 17.1 Å². The van der Waals surface area contributed by atoms with Crippen LogP contribution < -0.4 is 0 Å². The Morgan fingerprint density at radius 3 is 2.57 bits per heavy atom. The van der Waals surface area contributed by atoms with Crippen LogP contribution in [-0.2, 0) is 11.3 Å². The number of nitrogens with one attached hydrogen (secondary N) is 1. The topological polar surface area (TPSA) is 37.9 Å². The predicted octanol–water partition coefficient (Wildman–Crippen LogP) is 2.72. The summed E-state index contributed by atoms with van der Waals surface area (Å²) in [6.07, 6.45) is 0. The highest BCUT2D eigenvalue weighted by Gasteiger charge is 2.08. The van der Waals surface area contributed by atoms with Crippen molar-refractivity contribution in [1.82, 2.24) is 9.97 Å². The van der Waals surface area contributed by atoms with Crippen molar-refractivity contribution in [2.45, 2.75) is 33.3 Å². The van der Waals surface area contributed by atoms with Crippen LogP contribution in [0.1, 0.15) is 36.8 Å². The van der Waals surface area contributed by atoms with Gasteiger partial charge in [-0.15, -0.1) is 0 Å². The highest BCUT2D eigenvalue weighted by Crippen LogP contribution is 2.18. The number of hydrogen-bond acceptors (Lipinski definition) is 3. The van der Waals surface area contributed by atoms with Gasteiger partial charge in [-0.3, -0.25) is 0 Å². The third kappa shape index (κ3) is 2.39. The number of H-pyrrole nitrogens is 1. The Balaban J connectivity index is 3.19. The molecule has 0 saturated heterocycles. The Labute approximate surface area is 89.5 Å². The van der Waals surface area contributed by atoms with Crippen molar-refractivity contribution in [2.75, 3.05) is 7.11 Å². The first kappa shape index (κ1) is 11.3. The van der Waals surface area contributed by atoms with E-state index < -0.39 is 0 Å². The first-order valence-electron chi connectivity index (χ1n) is 4.65. The van der Waals surface area contributed by atoms with Gasteiger partial charge in [0.05, 0.1) is 0 Å². The molecule has 1 aromatic rings. The minimum atomic E-state index is 0.405. The quantitative estimate of drug-likeness (QED) is 0.783. The number of aromatic nitrogens is 2. The summed E-state index contributed by atoms with van der Waals surface area (Å²) in [5.41, 5.74) is 2.21. The summed E-state index contributed by atoms with van der Waals surface area (Å²) in [6.45, 7) is 6.72. The summed E-state index contributed by atoms with van der Waals surface area (Å²) in [5.74, 6) is 1.20. The van der Waals surface area contributed by atoms with E-state index in [-0.39, 0.29) is 0 Å². The molecule has 0 saturated carbocycles. The second-order valence-corrected chi connectivity index (χ2v) is 4.00. The number of rotatable bonds is 3. The molecule has 0 bridgehead atoms. The van der Waals surface area contributed by atoms with Gasteiger partial charge in [0.2, 0.25) is 0 Å². The standard InChI is InChI=1S/C10H16N2OS/c1-6(2)9-7(3)11-8(5-13-4)12-10(9)14/h6H,5H2,1-4H3,(H,11,12,14). The molecule has 3 nitrogen and oxygen atoms in total. The van der Waals surface area contributed by atoms with E-state index in [1.807, 2.05) is 6.92 Å². The van der Waals surface area contributed by atoms with Gasteiger partial charge < -0.3 is 9.72 Å². The summed E-state index contributed by atoms with van der Waals surface area (Å²) < 4.78 is 5.68. The van der Waals surface area contributed by atoms with E-state index in [9.17, 15) is 0 Å². The molecule has 0 amide bonds. The molecule has 0 atom stereocenters. The lowest BCUT2D eigenvalue weighted by Crippen LogP contribution is -2.05. The maximum Gasteiger partial charge on any atom is 0.133 e. The molecule has 1 heterocycles. The second kappa shape index (κ2) is 4.66. The van der Waals surface area contributed by atoms with Crippen LogP contribution in [0.3, 0.4) is 0 Å². The number of aryl methyl sites for hydroxylation is 1. The van der Waals surface area contributed by atoms with Gasteiger partial charge in [0.25, 0.3) is 0 Å². The van der Waals surface area contributed by atoms with Crippen LogP contribution in [0.15, 0.2) is 0 Å². The summed E-state index contributed by atoms with van der Waals surface area (Å²) in [5, 5.41) is 0. The van der Waals surface area contributed by atoms with Gasteiger partial charge in [-0.05, 0) is 12.8 Å². The molecule has 0 unspecified atom stereocenters. The molecular formula is C10H16N2OS. The van der Waals surface area contributed by atoms with E-state index in [4.69, 9.17) is 17.0 Å². The van der Waals surface area contributed by atoms with Crippen LogP contribution in [0.25, 0.3) is 0 Å². The predicted molar refractivity (Wildman–Crippen MR) is 59.0 cm³/mol. The normalized spacial score (nSPS) is 10.9. The Bertz CT molecular complexity index is 371. The summed E-state index contributed by atoms with van der Waals surface area (Å²) in [7, 11) is 1.64. The molecule has 0 spiro atoms. The zero-order valence-electron chi connectivity index (χ0n) is 9.05. The minimum absolute atomic E-state index is 0.405. The molecule has 0 aliphatic rings. The molecule has 1 N–H and O–H groups in total. The Kier molecular flexibility index (Phi) is 3.77. The smallest absolute Gasteiger partial charge is 0.133 e. The maximum absolute atomic E-state index is 5.23. The molecule has 1 aromatic heterocycles. The molecule has 78 valence electrons. The van der Waals surface area contributed by atoms with Crippen LogP contribution in [0, 0.1) is 11.6 Å². The lowest BCUT2D eigenvalue weighted by Gasteiger charge is -2.11. The highest BCUT2D eigenvalue weighted by molar-refractivity contribution is 7.71. The first-order valence-corrected chi connectivity index (χ1v) is 5.05. The number of aromatic amines is 1. The zero-order valence-corrected chi connectivity index (χ0v) is 9.86. The van der Waals surface area contributed by atoms with Gasteiger partial charge in [-0.1, -0.05) is 26.1 Å². The number of hydrogen-bond donors (Lipinski definition) is 1. The minimum Gasteiger partial charge on any atom is -0.377 e. The lowest BCUT2D eigenvalue weighted by atomic mass is 10.0. The fourth-order valence-electron chi connectivity index (χ4n) is 1.54. The highest BCUT2D eigenvalue weighted by atomic mass is 32.1. The average Bonchev–Trinajstić information content (AvgIpc) is 2.01. The molecule has 0 aliphatic carbocycles. The van der Waals surface area contributed by atoms with Crippen molar-refractivity contribution < 1.29 is 4.74 Å². The Morgan fingerprint density at radius 1 is 1.50 bits per heavy atom. The van der Waals surface area contributed by atoms with Crippen LogP contribution in [0.2, 0.25) is 0 Å². The Hall–Kier alpha value is -0.740. The van der Waals surface area contributed by atoms with Crippen molar-refractivity contribution in [3.05, 3.63) is 21.7 Å². The Morgan fingerprint density at radius 2 is 2.14 bits per heavy atom. The van der Waals surface area contributed by atoms with E-state index in [0.29, 0.717) is 17.2 Å². The SMILES string of the molecule is COCc1nc(=S)c(C(C)C)c(C)[nH]1. The molecule has 0 aliphatic heterocycles. The van der Waals surface area contributed by atoms with Gasteiger partial charge in [-0.25, -0.2) is 4.98 Å². The van der Waals surface area contributed by atoms with Crippen molar-refractivity contribution in [3.8, 4) is 0 Å². The molecule has 4 heteroatoms. The fourth-order valence-corrected chi connectivity index (χ4v) is 2.04. The van der Waals surface area contributed by atoms with Gasteiger partial charge in [0.1, 0.15) is 17.1 Å². The lowest BCUT2D eigenvalue weighted by molar-refractivity contribution is 0.177. The largest absolute Gasteiger partial charge is 0.377 e. The number of methoxy groups -OCH3 is 1. The molecule has 0 aromatic carbocycles. The van der Waals surface area contributed by atoms with Crippen LogP contribution in [0.5, 0.6) is 0 Å². The molecule has 0 fully saturated rings. The third-order valence-electron chi connectivity index (χ3n) is 2.06. The van der Waals surface area contributed by atoms with Gasteiger partial charge in [0.15, 0.2) is 0 Å². The van der Waals surface area contributed by atoms with Crippen LogP contribution in [-0.4, -0.2) is 17.1 Å². The van der Waals surface area contributed by atoms with Crippen molar-refractivity contribution in [3.63, 3.8) is 0 Å². The fraction of sp³-hybridized carbons (Fsp3) is 0.600. The summed E-state index contributed by atoms with van der Waals surface area (Å²) in [4.78, 5) is 7.48. The number of ether oxygens (including phenoxy) is 1. The van der Waals surface area contributed by atoms with Crippen LogP contribution in [0.4, 0.5) is 0 Å².